The van der Waals surface area contributed by atoms with E-state index in [1.165, 1.54) is 0 Å². The number of aryl methyl sites for hydroxylation is 3. The first-order valence-electron chi connectivity index (χ1n) is 8.76. The second-order valence-corrected chi connectivity index (χ2v) is 6.68. The third kappa shape index (κ3) is 3.43. The van der Waals surface area contributed by atoms with E-state index in [-0.39, 0.29) is 11.8 Å². The molecule has 0 fully saturated rings. The van der Waals surface area contributed by atoms with E-state index in [1.54, 1.807) is 11.8 Å². The lowest BCUT2D eigenvalue weighted by atomic mass is 10.1. The van der Waals surface area contributed by atoms with Crippen LogP contribution < -0.4 is 10.2 Å². The minimum Gasteiger partial charge on any atom is -0.324 e. The number of nitrogens with zero attached hydrogens (tertiary/aromatic N) is 1. The summed E-state index contributed by atoms with van der Waals surface area (Å²) >= 11 is 0. The Balaban J connectivity index is 1.90. The predicted octanol–water partition coefficient (Wildman–Crippen LogP) is 4.00. The maximum absolute atomic E-state index is 12.9. The van der Waals surface area contributed by atoms with E-state index < -0.39 is 6.04 Å². The molecule has 2 aromatic rings. The van der Waals surface area contributed by atoms with Gasteiger partial charge in [0.25, 0.3) is 0 Å². The molecule has 0 aliphatic carbocycles. The first kappa shape index (κ1) is 17.2. The van der Waals surface area contributed by atoms with Crippen molar-refractivity contribution in [2.75, 3.05) is 10.2 Å². The summed E-state index contributed by atoms with van der Waals surface area (Å²) in [6.45, 7) is 5.74. The summed E-state index contributed by atoms with van der Waals surface area (Å²) in [6.07, 6.45) is 2.15. The highest BCUT2D eigenvalue weighted by atomic mass is 16.2. The van der Waals surface area contributed by atoms with Crippen molar-refractivity contribution in [1.82, 2.24) is 0 Å². The Morgan fingerprint density at radius 2 is 1.72 bits per heavy atom. The first-order chi connectivity index (χ1) is 12.0. The molecule has 1 aliphatic rings. The Labute approximate surface area is 148 Å². The van der Waals surface area contributed by atoms with Gasteiger partial charge in [0.15, 0.2) is 0 Å². The van der Waals surface area contributed by atoms with Crippen LogP contribution in [0.5, 0.6) is 0 Å². The minimum atomic E-state index is -0.564. The van der Waals surface area contributed by atoms with Crippen LogP contribution in [-0.2, 0) is 16.0 Å². The third-order valence-corrected chi connectivity index (χ3v) is 4.85. The summed E-state index contributed by atoms with van der Waals surface area (Å²) in [5, 5.41) is 3.01. The van der Waals surface area contributed by atoms with Crippen LogP contribution in [0, 0.1) is 13.8 Å². The summed E-state index contributed by atoms with van der Waals surface area (Å²) in [5.74, 6) is -0.156. The van der Waals surface area contributed by atoms with E-state index in [9.17, 15) is 9.59 Å². The maximum Gasteiger partial charge on any atom is 0.247 e. The number of carbonyl (C=O) groups excluding carboxylic acids is 2. The number of para-hydroxylation sites is 2. The lowest BCUT2D eigenvalue weighted by Crippen LogP contribution is -2.45. The molecule has 2 aromatic carbocycles. The number of amides is 2. The fourth-order valence-electron chi connectivity index (χ4n) is 3.42. The number of anilines is 2. The zero-order chi connectivity index (χ0) is 18.0. The van der Waals surface area contributed by atoms with E-state index >= 15 is 0 Å². The van der Waals surface area contributed by atoms with Crippen molar-refractivity contribution in [2.24, 2.45) is 0 Å². The van der Waals surface area contributed by atoms with Gasteiger partial charge in [-0.3, -0.25) is 14.5 Å². The molecule has 0 saturated heterocycles. The minimum absolute atomic E-state index is 0.00843. The number of nitrogens with one attached hydrogen (secondary N) is 1. The zero-order valence-electron chi connectivity index (χ0n) is 15.0. The molecular weight excluding hydrogens is 312 g/mol. The van der Waals surface area contributed by atoms with Gasteiger partial charge in [-0.05, 0) is 56.4 Å². The van der Waals surface area contributed by atoms with Crippen molar-refractivity contribution in [1.29, 1.82) is 0 Å². The van der Waals surface area contributed by atoms with Gasteiger partial charge in [-0.15, -0.1) is 0 Å². The van der Waals surface area contributed by atoms with Crippen LogP contribution in [0.3, 0.4) is 0 Å². The van der Waals surface area contributed by atoms with Crippen LogP contribution in [0.4, 0.5) is 11.4 Å². The van der Waals surface area contributed by atoms with Gasteiger partial charge in [0, 0.05) is 17.8 Å². The van der Waals surface area contributed by atoms with Crippen LogP contribution in [0.15, 0.2) is 42.5 Å². The summed E-state index contributed by atoms with van der Waals surface area (Å²) in [5.41, 5.74) is 4.84. The molecule has 0 unspecified atom stereocenters. The average molecular weight is 336 g/mol. The topological polar surface area (TPSA) is 49.4 Å². The van der Waals surface area contributed by atoms with Gasteiger partial charge >= 0.3 is 0 Å². The highest BCUT2D eigenvalue weighted by Crippen LogP contribution is 2.29. The molecular formula is C21H24N2O2. The molecule has 1 aliphatic heterocycles. The highest BCUT2D eigenvalue weighted by Gasteiger charge is 2.30. The maximum atomic E-state index is 12.9. The summed E-state index contributed by atoms with van der Waals surface area (Å²) < 4.78 is 0. The molecule has 0 radical (unpaired) electrons. The van der Waals surface area contributed by atoms with Crippen molar-refractivity contribution in [2.45, 2.75) is 46.1 Å². The van der Waals surface area contributed by atoms with E-state index in [1.807, 2.05) is 56.3 Å². The number of benzene rings is 2. The Bertz CT molecular complexity index is 793. The fourth-order valence-corrected chi connectivity index (χ4v) is 3.42. The Morgan fingerprint density at radius 3 is 2.44 bits per heavy atom. The largest absolute Gasteiger partial charge is 0.324 e. The molecule has 1 atom stereocenters. The standard InChI is InChI=1S/C21H24N2O2/c1-14-8-6-9-15(2)20(14)22-21(25)16(3)23-18-12-5-4-10-17(18)11-7-13-19(23)24/h4-6,8-10,12,16H,7,11,13H2,1-3H3,(H,22,25)/t16-/m0/s1. The van der Waals surface area contributed by atoms with Crippen molar-refractivity contribution in [3.8, 4) is 0 Å². The van der Waals surface area contributed by atoms with Gasteiger partial charge in [-0.1, -0.05) is 36.4 Å². The summed E-state index contributed by atoms with van der Waals surface area (Å²) in [6, 6.07) is 13.2. The van der Waals surface area contributed by atoms with Crippen LogP contribution in [-0.4, -0.2) is 17.9 Å². The molecule has 130 valence electrons. The van der Waals surface area contributed by atoms with Crippen LogP contribution in [0.1, 0.15) is 36.5 Å². The molecule has 4 heteroatoms. The van der Waals surface area contributed by atoms with Crippen LogP contribution in [0.25, 0.3) is 0 Å². The molecule has 3 rings (SSSR count). The molecule has 0 spiro atoms. The molecule has 0 bridgehead atoms. The lowest BCUT2D eigenvalue weighted by molar-refractivity contribution is -0.123. The molecule has 25 heavy (non-hydrogen) atoms. The highest BCUT2D eigenvalue weighted by molar-refractivity contribution is 6.05. The van der Waals surface area contributed by atoms with Crippen molar-refractivity contribution < 1.29 is 9.59 Å². The molecule has 1 heterocycles. The second-order valence-electron chi connectivity index (χ2n) is 6.68. The van der Waals surface area contributed by atoms with Gasteiger partial charge in [0.2, 0.25) is 11.8 Å². The van der Waals surface area contributed by atoms with E-state index in [2.05, 4.69) is 5.32 Å². The smallest absolute Gasteiger partial charge is 0.247 e. The van der Waals surface area contributed by atoms with Gasteiger partial charge in [0.05, 0.1) is 0 Å². The predicted molar refractivity (Wildman–Crippen MR) is 101 cm³/mol. The monoisotopic (exact) mass is 336 g/mol. The van der Waals surface area contributed by atoms with Gasteiger partial charge in [0.1, 0.15) is 6.04 Å². The van der Waals surface area contributed by atoms with Crippen LogP contribution in [0.2, 0.25) is 0 Å². The normalized spacial score (nSPS) is 15.3. The Hall–Kier alpha value is -2.62. The summed E-state index contributed by atoms with van der Waals surface area (Å²) in [4.78, 5) is 27.2. The third-order valence-electron chi connectivity index (χ3n) is 4.85. The van der Waals surface area contributed by atoms with Gasteiger partial charge in [-0.25, -0.2) is 0 Å². The molecule has 4 nitrogen and oxygen atoms in total. The molecule has 1 N–H and O–H groups in total. The van der Waals surface area contributed by atoms with E-state index in [4.69, 9.17) is 0 Å². The number of carbonyl (C=O) groups is 2. The van der Waals surface area contributed by atoms with Crippen molar-refractivity contribution >= 4 is 23.2 Å². The number of fused-ring (bicyclic) bond motifs is 1. The summed E-state index contributed by atoms with van der Waals surface area (Å²) in [7, 11) is 0. The average Bonchev–Trinajstić information content (AvgIpc) is 2.75. The number of rotatable bonds is 3. The fraction of sp³-hybridized carbons (Fsp3) is 0.333. The van der Waals surface area contributed by atoms with Gasteiger partial charge in [-0.2, -0.15) is 0 Å². The van der Waals surface area contributed by atoms with Crippen molar-refractivity contribution in [3.05, 3.63) is 59.2 Å². The van der Waals surface area contributed by atoms with Crippen molar-refractivity contribution in [3.63, 3.8) is 0 Å². The lowest BCUT2D eigenvalue weighted by Gasteiger charge is -2.29. The first-order valence-corrected chi connectivity index (χ1v) is 8.76. The zero-order valence-corrected chi connectivity index (χ0v) is 15.0. The molecule has 0 aromatic heterocycles. The van der Waals surface area contributed by atoms with Crippen LogP contribution >= 0.6 is 0 Å². The molecule has 0 saturated carbocycles. The quantitative estimate of drug-likeness (QED) is 0.921. The molecule has 2 amide bonds. The SMILES string of the molecule is Cc1cccc(C)c1NC(=O)[C@H](C)N1C(=O)CCCc2ccccc21. The number of hydrogen-bond donors (Lipinski definition) is 1. The Kier molecular flexibility index (Phi) is 4.88. The Morgan fingerprint density at radius 1 is 1.04 bits per heavy atom. The van der Waals surface area contributed by atoms with E-state index in [0.29, 0.717) is 6.42 Å². The van der Waals surface area contributed by atoms with Gasteiger partial charge < -0.3 is 5.32 Å². The number of hydrogen-bond acceptors (Lipinski definition) is 2. The van der Waals surface area contributed by atoms with E-state index in [0.717, 1.165) is 40.9 Å². The second kappa shape index (κ2) is 7.09.